The van der Waals surface area contributed by atoms with Crippen molar-refractivity contribution in [1.82, 2.24) is 15.1 Å². The highest BCUT2D eigenvalue weighted by Crippen LogP contribution is 2.17. The molecule has 0 saturated heterocycles. The molecule has 1 aliphatic rings. The van der Waals surface area contributed by atoms with Gasteiger partial charge in [-0.15, -0.1) is 0 Å². The van der Waals surface area contributed by atoms with Crippen LogP contribution in [0.4, 0.5) is 0 Å². The molecule has 2 heterocycles. The van der Waals surface area contributed by atoms with Crippen LogP contribution >= 0.6 is 0 Å². The maximum absolute atomic E-state index is 6.00. The van der Waals surface area contributed by atoms with Crippen molar-refractivity contribution in [2.45, 2.75) is 5.79 Å². The first-order valence-corrected chi connectivity index (χ1v) is 4.18. The molecule has 5 N–H and O–H groups in total. The van der Waals surface area contributed by atoms with Crippen LogP contribution in [0.5, 0.6) is 0 Å². The second-order valence-corrected chi connectivity index (χ2v) is 3.18. The van der Waals surface area contributed by atoms with Crippen LogP contribution in [0.15, 0.2) is 29.7 Å². The molecule has 2 rings (SSSR count). The van der Waals surface area contributed by atoms with E-state index in [1.54, 1.807) is 29.4 Å². The third-order valence-electron chi connectivity index (χ3n) is 2.01. The van der Waals surface area contributed by atoms with Crippen LogP contribution in [0.1, 0.15) is 5.56 Å². The van der Waals surface area contributed by atoms with Crippen molar-refractivity contribution in [3.05, 3.63) is 30.2 Å². The molecule has 74 valence electrons. The Morgan fingerprint density at radius 1 is 1.57 bits per heavy atom. The molecular weight excluding hydrogens is 180 g/mol. The Labute approximate surface area is 81.3 Å². The summed E-state index contributed by atoms with van der Waals surface area (Å²) in [5.41, 5.74) is 12.3. The van der Waals surface area contributed by atoms with Crippen molar-refractivity contribution in [2.24, 2.45) is 23.5 Å². The van der Waals surface area contributed by atoms with Crippen molar-refractivity contribution in [1.29, 1.82) is 0 Å². The van der Waals surface area contributed by atoms with E-state index in [1.807, 2.05) is 7.05 Å². The van der Waals surface area contributed by atoms with Gasteiger partial charge in [-0.3, -0.25) is 10.4 Å². The summed E-state index contributed by atoms with van der Waals surface area (Å²) in [4.78, 5) is 4.12. The second-order valence-electron chi connectivity index (χ2n) is 3.18. The lowest BCUT2D eigenvalue weighted by Crippen LogP contribution is -2.49. The van der Waals surface area contributed by atoms with Gasteiger partial charge in [-0.25, -0.2) is 4.99 Å². The number of hydrogen-bond acceptors (Lipinski definition) is 5. The number of hydrogen-bond donors (Lipinski definition) is 3. The van der Waals surface area contributed by atoms with Gasteiger partial charge in [0.25, 0.3) is 0 Å². The van der Waals surface area contributed by atoms with Gasteiger partial charge >= 0.3 is 0 Å². The number of nitrogens with zero attached hydrogens (tertiary/aromatic N) is 3. The third-order valence-corrected chi connectivity index (χ3v) is 2.01. The summed E-state index contributed by atoms with van der Waals surface area (Å²) < 4.78 is 1.66. The van der Waals surface area contributed by atoms with E-state index in [2.05, 4.69) is 15.4 Å². The minimum absolute atomic E-state index is 0.398. The molecule has 0 spiro atoms. The molecule has 6 heteroatoms. The molecular formula is C8H12N6. The van der Waals surface area contributed by atoms with E-state index in [0.717, 1.165) is 5.56 Å². The summed E-state index contributed by atoms with van der Waals surface area (Å²) in [5.74, 6) is -0.595. The first-order chi connectivity index (χ1) is 6.60. The molecule has 0 aromatic carbocycles. The minimum atomic E-state index is -0.993. The number of aryl methyl sites for hydroxylation is 1. The van der Waals surface area contributed by atoms with E-state index in [4.69, 9.17) is 11.5 Å². The second kappa shape index (κ2) is 2.85. The maximum Gasteiger partial charge on any atom is 0.214 e. The van der Waals surface area contributed by atoms with Crippen LogP contribution in [0.3, 0.4) is 0 Å². The standard InChI is InChI=1S/C8H12N6/c1-14-5-6(4-12-14)8(10)11-3-2-7(9)13-8/h2-5,11H,10H2,1H3,(H2,9,13). The Kier molecular flexibility index (Phi) is 1.78. The summed E-state index contributed by atoms with van der Waals surface area (Å²) in [6.07, 6.45) is 6.78. The summed E-state index contributed by atoms with van der Waals surface area (Å²) >= 11 is 0. The lowest BCUT2D eigenvalue weighted by atomic mass is 10.2. The predicted molar refractivity (Wildman–Crippen MR) is 53.0 cm³/mol. The van der Waals surface area contributed by atoms with Crippen molar-refractivity contribution in [2.75, 3.05) is 0 Å². The highest BCUT2D eigenvalue weighted by atomic mass is 15.3. The maximum atomic E-state index is 6.00. The van der Waals surface area contributed by atoms with Crippen LogP contribution in [0, 0.1) is 0 Å². The zero-order valence-electron chi connectivity index (χ0n) is 7.81. The van der Waals surface area contributed by atoms with E-state index in [1.165, 1.54) is 0 Å². The van der Waals surface area contributed by atoms with Crippen LogP contribution in [0.2, 0.25) is 0 Å². The molecule has 0 saturated carbocycles. The molecule has 0 aliphatic carbocycles. The fourth-order valence-corrected chi connectivity index (χ4v) is 1.29. The number of aliphatic imine (C=N–C) groups is 1. The molecule has 0 bridgehead atoms. The molecule has 1 aliphatic heterocycles. The zero-order valence-corrected chi connectivity index (χ0v) is 7.81. The number of rotatable bonds is 1. The Morgan fingerprint density at radius 2 is 2.36 bits per heavy atom. The normalized spacial score (nSPS) is 25.7. The van der Waals surface area contributed by atoms with Crippen LogP contribution in [0.25, 0.3) is 0 Å². The van der Waals surface area contributed by atoms with Crippen molar-refractivity contribution >= 4 is 5.84 Å². The molecule has 1 aromatic heterocycles. The largest absolute Gasteiger partial charge is 0.384 e. The summed E-state index contributed by atoms with van der Waals surface area (Å²) in [6, 6.07) is 0. The van der Waals surface area contributed by atoms with Gasteiger partial charge in [0.1, 0.15) is 5.84 Å². The smallest absolute Gasteiger partial charge is 0.214 e. The summed E-state index contributed by atoms with van der Waals surface area (Å²) in [6.45, 7) is 0. The SMILES string of the molecule is Cn1cc(C2(N)N=C(N)C=CN2)cn1. The minimum Gasteiger partial charge on any atom is -0.384 e. The van der Waals surface area contributed by atoms with Gasteiger partial charge in [0, 0.05) is 19.4 Å². The van der Waals surface area contributed by atoms with Gasteiger partial charge in [-0.05, 0) is 6.08 Å². The first-order valence-electron chi connectivity index (χ1n) is 4.18. The van der Waals surface area contributed by atoms with Crippen molar-refractivity contribution < 1.29 is 0 Å². The number of nitrogens with one attached hydrogen (secondary N) is 1. The Morgan fingerprint density at radius 3 is 2.93 bits per heavy atom. The molecule has 1 unspecified atom stereocenters. The van der Waals surface area contributed by atoms with Gasteiger partial charge in [0.05, 0.1) is 11.8 Å². The van der Waals surface area contributed by atoms with Crippen molar-refractivity contribution in [3.63, 3.8) is 0 Å². The molecule has 0 amide bonds. The third kappa shape index (κ3) is 1.35. The van der Waals surface area contributed by atoms with Crippen LogP contribution in [-0.2, 0) is 12.8 Å². The number of amidine groups is 1. The van der Waals surface area contributed by atoms with Crippen LogP contribution < -0.4 is 16.8 Å². The van der Waals surface area contributed by atoms with Crippen LogP contribution in [-0.4, -0.2) is 15.6 Å². The van der Waals surface area contributed by atoms with Crippen molar-refractivity contribution in [3.8, 4) is 0 Å². The molecule has 6 nitrogen and oxygen atoms in total. The highest BCUT2D eigenvalue weighted by molar-refractivity contribution is 5.92. The Balaban J connectivity index is 2.38. The number of nitrogens with two attached hydrogens (primary N) is 2. The number of aromatic nitrogens is 2. The average Bonchev–Trinajstić information content (AvgIpc) is 2.52. The van der Waals surface area contributed by atoms with Gasteiger partial charge < -0.3 is 11.1 Å². The van der Waals surface area contributed by atoms with Gasteiger partial charge in [0.2, 0.25) is 5.79 Å². The zero-order chi connectivity index (χ0) is 10.2. The average molecular weight is 192 g/mol. The summed E-state index contributed by atoms with van der Waals surface area (Å²) in [7, 11) is 1.82. The van der Waals surface area contributed by atoms with E-state index in [9.17, 15) is 0 Å². The monoisotopic (exact) mass is 192 g/mol. The fraction of sp³-hybridized carbons (Fsp3) is 0.250. The molecule has 1 aromatic rings. The molecule has 14 heavy (non-hydrogen) atoms. The van der Waals surface area contributed by atoms with E-state index >= 15 is 0 Å². The summed E-state index contributed by atoms with van der Waals surface area (Å²) in [5, 5.41) is 6.96. The lowest BCUT2D eigenvalue weighted by molar-refractivity contribution is 0.409. The Hall–Kier alpha value is -1.82. The van der Waals surface area contributed by atoms with E-state index < -0.39 is 5.79 Å². The van der Waals surface area contributed by atoms with Gasteiger partial charge in [0.15, 0.2) is 0 Å². The van der Waals surface area contributed by atoms with Gasteiger partial charge in [-0.1, -0.05) is 0 Å². The molecule has 1 atom stereocenters. The van der Waals surface area contributed by atoms with Gasteiger partial charge in [-0.2, -0.15) is 5.10 Å². The lowest BCUT2D eigenvalue weighted by Gasteiger charge is -2.26. The molecule has 0 radical (unpaired) electrons. The topological polar surface area (TPSA) is 94.2 Å². The Bertz CT molecular complexity index is 404. The highest BCUT2D eigenvalue weighted by Gasteiger charge is 2.28. The molecule has 0 fully saturated rings. The fourth-order valence-electron chi connectivity index (χ4n) is 1.29. The van der Waals surface area contributed by atoms with E-state index in [-0.39, 0.29) is 0 Å². The van der Waals surface area contributed by atoms with E-state index in [0.29, 0.717) is 5.84 Å². The quantitative estimate of drug-likeness (QED) is 0.530. The first kappa shape index (κ1) is 8.76. The predicted octanol–water partition coefficient (Wildman–Crippen LogP) is -1.04.